The number of nitrogens with zero attached hydrogens (tertiary/aromatic N) is 2. The van der Waals surface area contributed by atoms with Crippen LogP contribution in [0.5, 0.6) is 0 Å². The summed E-state index contributed by atoms with van der Waals surface area (Å²) in [5.41, 5.74) is -0.111. The number of hydrogen-bond acceptors (Lipinski definition) is 4. The Bertz CT molecular complexity index is 758. The van der Waals surface area contributed by atoms with Crippen molar-refractivity contribution in [3.63, 3.8) is 0 Å². The fourth-order valence-electron chi connectivity index (χ4n) is 1.78. The van der Waals surface area contributed by atoms with Crippen molar-refractivity contribution in [2.45, 2.75) is 13.3 Å². The maximum atomic E-state index is 13.5. The second-order valence-corrected chi connectivity index (χ2v) is 4.63. The Labute approximate surface area is 124 Å². The van der Waals surface area contributed by atoms with Gasteiger partial charge in [0, 0.05) is 17.8 Å². The van der Waals surface area contributed by atoms with Gasteiger partial charge in [0.15, 0.2) is 0 Å². The van der Waals surface area contributed by atoms with Crippen molar-refractivity contribution < 1.29 is 13.9 Å². The van der Waals surface area contributed by atoms with Crippen molar-refractivity contribution in [3.05, 3.63) is 56.7 Å². The van der Waals surface area contributed by atoms with E-state index in [1.165, 1.54) is 29.1 Å². The van der Waals surface area contributed by atoms with E-state index in [4.69, 9.17) is 11.6 Å². The van der Waals surface area contributed by atoms with Crippen LogP contribution in [0.2, 0.25) is 5.02 Å². The van der Waals surface area contributed by atoms with Gasteiger partial charge in [-0.05, 0) is 18.6 Å². The summed E-state index contributed by atoms with van der Waals surface area (Å²) >= 11 is 5.63. The zero-order valence-corrected chi connectivity index (χ0v) is 12.1. The normalized spacial score (nSPS) is 10.5. The van der Waals surface area contributed by atoms with Crippen LogP contribution in [0, 0.1) is 5.82 Å². The maximum Gasteiger partial charge on any atom is 0.362 e. The molecule has 1 aromatic heterocycles. The lowest BCUT2D eigenvalue weighted by Crippen LogP contribution is -2.25. The van der Waals surface area contributed by atoms with Gasteiger partial charge in [0.1, 0.15) is 5.82 Å². The summed E-state index contributed by atoms with van der Waals surface area (Å²) in [5.74, 6) is -1.45. The Morgan fingerprint density at radius 2 is 2.19 bits per heavy atom. The van der Waals surface area contributed by atoms with Gasteiger partial charge in [-0.25, -0.2) is 13.9 Å². The van der Waals surface area contributed by atoms with E-state index in [0.717, 1.165) is 7.11 Å². The monoisotopic (exact) mass is 310 g/mol. The number of aryl methyl sites for hydroxylation is 1. The van der Waals surface area contributed by atoms with E-state index in [0.29, 0.717) is 17.7 Å². The summed E-state index contributed by atoms with van der Waals surface area (Å²) < 4.78 is 19.3. The maximum absolute atomic E-state index is 13.5. The van der Waals surface area contributed by atoms with Crippen LogP contribution < -0.4 is 5.43 Å². The minimum Gasteiger partial charge on any atom is -0.464 e. The molecule has 2 aromatic rings. The largest absolute Gasteiger partial charge is 0.464 e. The summed E-state index contributed by atoms with van der Waals surface area (Å²) in [7, 11) is 1.16. The summed E-state index contributed by atoms with van der Waals surface area (Å²) in [4.78, 5) is 23.6. The predicted octanol–water partition coefficient (Wildman–Crippen LogP) is 2.37. The molecule has 0 bridgehead atoms. The van der Waals surface area contributed by atoms with Crippen LogP contribution in [-0.4, -0.2) is 22.9 Å². The van der Waals surface area contributed by atoms with Gasteiger partial charge in [0.05, 0.1) is 17.8 Å². The topological polar surface area (TPSA) is 61.2 Å². The van der Waals surface area contributed by atoms with Gasteiger partial charge in [0.25, 0.3) is 0 Å². The molecule has 0 fully saturated rings. The predicted molar refractivity (Wildman–Crippen MR) is 75.5 cm³/mol. The average molecular weight is 311 g/mol. The summed E-state index contributed by atoms with van der Waals surface area (Å²) in [6, 6.07) is 4.07. The number of ether oxygens (including phenoxy) is 1. The van der Waals surface area contributed by atoms with Crippen LogP contribution >= 0.6 is 11.6 Å². The van der Waals surface area contributed by atoms with Gasteiger partial charge >= 0.3 is 5.97 Å². The van der Waals surface area contributed by atoms with Gasteiger partial charge < -0.3 is 4.74 Å². The SMILES string of the molecule is CCc1cn(-c2ccc(Cl)c(F)c2)nc(C(=O)OC)c1=O. The molecule has 7 heteroatoms. The van der Waals surface area contributed by atoms with Crippen molar-refractivity contribution in [2.75, 3.05) is 7.11 Å². The van der Waals surface area contributed by atoms with E-state index in [1.807, 2.05) is 0 Å². The van der Waals surface area contributed by atoms with Crippen LogP contribution in [0.25, 0.3) is 5.69 Å². The zero-order chi connectivity index (χ0) is 15.6. The Morgan fingerprint density at radius 1 is 1.48 bits per heavy atom. The molecule has 0 N–H and O–H groups in total. The molecule has 1 heterocycles. The molecule has 0 radical (unpaired) electrons. The molecule has 0 spiro atoms. The molecule has 0 unspecified atom stereocenters. The van der Waals surface area contributed by atoms with Gasteiger partial charge in [-0.2, -0.15) is 5.10 Å². The van der Waals surface area contributed by atoms with E-state index < -0.39 is 17.2 Å². The Balaban J connectivity index is 2.66. The minimum atomic E-state index is -0.835. The third-order valence-electron chi connectivity index (χ3n) is 2.92. The number of carbonyl (C=O) groups is 1. The molecule has 0 aliphatic heterocycles. The molecule has 21 heavy (non-hydrogen) atoms. The molecular weight excluding hydrogens is 299 g/mol. The van der Waals surface area contributed by atoms with Crippen LogP contribution in [0.3, 0.4) is 0 Å². The van der Waals surface area contributed by atoms with Crippen LogP contribution in [-0.2, 0) is 11.2 Å². The van der Waals surface area contributed by atoms with Gasteiger partial charge in [-0.3, -0.25) is 4.79 Å². The summed E-state index contributed by atoms with van der Waals surface area (Å²) in [6.07, 6.45) is 1.86. The van der Waals surface area contributed by atoms with Crippen molar-refractivity contribution in [2.24, 2.45) is 0 Å². The zero-order valence-electron chi connectivity index (χ0n) is 11.4. The molecule has 2 rings (SSSR count). The van der Waals surface area contributed by atoms with Crippen LogP contribution in [0.1, 0.15) is 23.0 Å². The first-order chi connectivity index (χ1) is 9.97. The molecule has 0 saturated heterocycles. The second-order valence-electron chi connectivity index (χ2n) is 4.22. The van der Waals surface area contributed by atoms with E-state index in [-0.39, 0.29) is 10.7 Å². The highest BCUT2D eigenvalue weighted by atomic mass is 35.5. The first-order valence-electron chi connectivity index (χ1n) is 6.14. The third-order valence-corrected chi connectivity index (χ3v) is 3.23. The Kier molecular flexibility index (Phi) is 4.37. The van der Waals surface area contributed by atoms with Gasteiger partial charge in [-0.1, -0.05) is 18.5 Å². The smallest absolute Gasteiger partial charge is 0.362 e. The second kappa shape index (κ2) is 6.05. The molecule has 1 aromatic carbocycles. The number of rotatable bonds is 3. The Hall–Kier alpha value is -2.21. The highest BCUT2D eigenvalue weighted by Gasteiger charge is 2.17. The molecule has 0 aliphatic carbocycles. The lowest BCUT2D eigenvalue weighted by molar-refractivity contribution is 0.0590. The van der Waals surface area contributed by atoms with Crippen LogP contribution in [0.15, 0.2) is 29.2 Å². The number of aromatic nitrogens is 2. The lowest BCUT2D eigenvalue weighted by Gasteiger charge is -2.09. The summed E-state index contributed by atoms with van der Waals surface area (Å²) in [6.45, 7) is 1.77. The number of halogens is 2. The number of benzene rings is 1. The molecule has 0 atom stereocenters. The number of carbonyl (C=O) groups excluding carboxylic acids is 1. The first kappa shape index (κ1) is 15.2. The molecule has 110 valence electrons. The molecule has 0 amide bonds. The van der Waals surface area contributed by atoms with Crippen molar-refractivity contribution in [1.29, 1.82) is 0 Å². The highest BCUT2D eigenvalue weighted by molar-refractivity contribution is 6.30. The quantitative estimate of drug-likeness (QED) is 0.817. The van der Waals surface area contributed by atoms with Crippen molar-refractivity contribution in [1.82, 2.24) is 9.78 Å². The van der Waals surface area contributed by atoms with E-state index in [2.05, 4.69) is 9.84 Å². The lowest BCUT2D eigenvalue weighted by atomic mass is 10.2. The van der Waals surface area contributed by atoms with E-state index in [1.54, 1.807) is 6.92 Å². The summed E-state index contributed by atoms with van der Waals surface area (Å²) in [5, 5.41) is 3.89. The number of esters is 1. The number of hydrogen-bond donors (Lipinski definition) is 0. The molecule has 0 aliphatic rings. The fraction of sp³-hybridized carbons (Fsp3) is 0.214. The average Bonchev–Trinajstić information content (AvgIpc) is 2.49. The third kappa shape index (κ3) is 2.95. The van der Waals surface area contributed by atoms with E-state index >= 15 is 0 Å². The molecule has 0 saturated carbocycles. The standard InChI is InChI=1S/C14H12ClFN2O3/c1-3-8-7-18(9-4-5-10(15)11(16)6-9)17-12(13(8)19)14(20)21-2/h4-7H,3H2,1-2H3. The fourth-order valence-corrected chi connectivity index (χ4v) is 1.90. The first-order valence-corrected chi connectivity index (χ1v) is 6.52. The van der Waals surface area contributed by atoms with Crippen LogP contribution in [0.4, 0.5) is 4.39 Å². The Morgan fingerprint density at radius 3 is 2.76 bits per heavy atom. The van der Waals surface area contributed by atoms with Crippen molar-refractivity contribution in [3.8, 4) is 5.69 Å². The van der Waals surface area contributed by atoms with Gasteiger partial charge in [-0.15, -0.1) is 0 Å². The van der Waals surface area contributed by atoms with Gasteiger partial charge in [0.2, 0.25) is 11.1 Å². The highest BCUT2D eigenvalue weighted by Crippen LogP contribution is 2.17. The van der Waals surface area contributed by atoms with Crippen molar-refractivity contribution >= 4 is 17.6 Å². The molecule has 5 nitrogen and oxygen atoms in total. The van der Waals surface area contributed by atoms with E-state index in [9.17, 15) is 14.0 Å². The molecular formula is C14H12ClFN2O3. The number of methoxy groups -OCH3 is 1. The minimum absolute atomic E-state index is 0.0244.